The minimum atomic E-state index is -0.147. The van der Waals surface area contributed by atoms with Gasteiger partial charge in [0.05, 0.1) is 15.3 Å². The van der Waals surface area contributed by atoms with E-state index >= 15 is 0 Å². The second-order valence-corrected chi connectivity index (χ2v) is 7.23. The van der Waals surface area contributed by atoms with Crippen LogP contribution in [0.15, 0.2) is 47.4 Å². The number of thiazole rings is 1. The molecular weight excluding hydrogens is 336 g/mol. The van der Waals surface area contributed by atoms with Crippen LogP contribution in [0.1, 0.15) is 17.3 Å². The second-order valence-electron chi connectivity index (χ2n) is 4.49. The number of hydrogen-bond donors (Lipinski definition) is 1. The van der Waals surface area contributed by atoms with E-state index in [1.807, 2.05) is 36.4 Å². The zero-order chi connectivity index (χ0) is 15.5. The number of halogens is 1. The average Bonchev–Trinajstić information content (AvgIpc) is 2.92. The maximum absolute atomic E-state index is 12.5. The molecular formula is C16H13ClN2OS2. The zero-order valence-electron chi connectivity index (χ0n) is 11.8. The third-order valence-corrected chi connectivity index (χ3v) is 5.22. The Morgan fingerprint density at radius 2 is 2.09 bits per heavy atom. The molecule has 1 heterocycles. The van der Waals surface area contributed by atoms with Gasteiger partial charge in [-0.25, -0.2) is 4.98 Å². The number of hydrogen-bond acceptors (Lipinski definition) is 4. The third kappa shape index (κ3) is 3.11. The summed E-state index contributed by atoms with van der Waals surface area (Å²) in [5.41, 5.74) is 1.39. The minimum absolute atomic E-state index is 0.147. The summed E-state index contributed by atoms with van der Waals surface area (Å²) in [5.74, 6) is 0.771. The first kappa shape index (κ1) is 15.3. The SMILES string of the molecule is CCSc1ccccc1C(=O)Nc1nc2c(Cl)cccc2s1. The number of carbonyl (C=O) groups is 1. The molecule has 0 saturated carbocycles. The van der Waals surface area contributed by atoms with E-state index in [-0.39, 0.29) is 5.91 Å². The highest BCUT2D eigenvalue weighted by molar-refractivity contribution is 7.99. The molecule has 0 aliphatic rings. The smallest absolute Gasteiger partial charge is 0.258 e. The number of thioether (sulfide) groups is 1. The van der Waals surface area contributed by atoms with Crippen LogP contribution in [0, 0.1) is 0 Å². The van der Waals surface area contributed by atoms with Gasteiger partial charge in [0.1, 0.15) is 5.52 Å². The number of nitrogens with zero attached hydrogens (tertiary/aromatic N) is 1. The predicted octanol–water partition coefficient (Wildman–Crippen LogP) is 5.31. The lowest BCUT2D eigenvalue weighted by molar-refractivity contribution is 0.102. The Morgan fingerprint density at radius 3 is 2.86 bits per heavy atom. The standard InChI is InChI=1S/C16H13ClN2OS2/c1-2-21-12-8-4-3-6-10(12)15(20)19-16-18-14-11(17)7-5-9-13(14)22-16/h3-9H,2H2,1H3,(H,18,19,20). The summed E-state index contributed by atoms with van der Waals surface area (Å²) in [7, 11) is 0. The quantitative estimate of drug-likeness (QED) is 0.649. The van der Waals surface area contributed by atoms with E-state index in [4.69, 9.17) is 11.6 Å². The molecule has 0 unspecified atom stereocenters. The van der Waals surface area contributed by atoms with Crippen molar-refractivity contribution in [2.24, 2.45) is 0 Å². The van der Waals surface area contributed by atoms with Crippen molar-refractivity contribution in [1.82, 2.24) is 4.98 Å². The molecule has 6 heteroatoms. The number of para-hydroxylation sites is 1. The molecule has 0 aliphatic heterocycles. The maximum Gasteiger partial charge on any atom is 0.258 e. The average molecular weight is 349 g/mol. The number of benzene rings is 2. The molecule has 0 fully saturated rings. The highest BCUT2D eigenvalue weighted by Gasteiger charge is 2.14. The van der Waals surface area contributed by atoms with Crippen molar-refractivity contribution in [3.63, 3.8) is 0 Å². The van der Waals surface area contributed by atoms with Crippen LogP contribution in [-0.4, -0.2) is 16.6 Å². The summed E-state index contributed by atoms with van der Waals surface area (Å²) in [6, 6.07) is 13.2. The van der Waals surface area contributed by atoms with Crippen molar-refractivity contribution in [3.05, 3.63) is 53.1 Å². The third-order valence-electron chi connectivity index (χ3n) is 3.02. The summed E-state index contributed by atoms with van der Waals surface area (Å²) in [6.45, 7) is 2.06. The largest absolute Gasteiger partial charge is 0.298 e. The van der Waals surface area contributed by atoms with Crippen molar-refractivity contribution in [2.45, 2.75) is 11.8 Å². The predicted molar refractivity (Wildman–Crippen MR) is 95.4 cm³/mol. The minimum Gasteiger partial charge on any atom is -0.298 e. The van der Waals surface area contributed by atoms with E-state index < -0.39 is 0 Å². The Bertz CT molecular complexity index is 832. The number of carbonyl (C=O) groups excluding carboxylic acids is 1. The number of rotatable bonds is 4. The molecule has 3 nitrogen and oxygen atoms in total. The molecule has 0 radical (unpaired) electrons. The molecule has 3 rings (SSSR count). The highest BCUT2D eigenvalue weighted by atomic mass is 35.5. The molecule has 1 aromatic heterocycles. The van der Waals surface area contributed by atoms with Crippen LogP contribution >= 0.6 is 34.7 Å². The Balaban J connectivity index is 1.88. The molecule has 22 heavy (non-hydrogen) atoms. The first-order chi connectivity index (χ1) is 10.7. The fourth-order valence-corrected chi connectivity index (χ4v) is 4.03. The molecule has 1 N–H and O–H groups in total. The second kappa shape index (κ2) is 6.69. The summed E-state index contributed by atoms with van der Waals surface area (Å²) in [5, 5.41) is 4.02. The van der Waals surface area contributed by atoms with Gasteiger partial charge in [-0.3, -0.25) is 10.1 Å². The van der Waals surface area contributed by atoms with Crippen LogP contribution in [0.4, 0.5) is 5.13 Å². The van der Waals surface area contributed by atoms with E-state index in [2.05, 4.69) is 17.2 Å². The number of nitrogens with one attached hydrogen (secondary N) is 1. The Hall–Kier alpha value is -1.56. The van der Waals surface area contributed by atoms with Gasteiger partial charge in [0.25, 0.3) is 5.91 Å². The number of amides is 1. The van der Waals surface area contributed by atoms with E-state index in [9.17, 15) is 4.79 Å². The summed E-state index contributed by atoms with van der Waals surface area (Å²) in [4.78, 5) is 17.9. The van der Waals surface area contributed by atoms with Gasteiger partial charge in [0.15, 0.2) is 5.13 Å². The Morgan fingerprint density at radius 1 is 1.27 bits per heavy atom. The molecule has 0 spiro atoms. The molecule has 1 amide bonds. The molecule has 2 aromatic carbocycles. The fraction of sp³-hybridized carbons (Fsp3) is 0.125. The topological polar surface area (TPSA) is 42.0 Å². The Kier molecular flexibility index (Phi) is 4.66. The van der Waals surface area contributed by atoms with Crippen LogP contribution in [-0.2, 0) is 0 Å². The van der Waals surface area contributed by atoms with Crippen LogP contribution in [0.5, 0.6) is 0 Å². The van der Waals surface area contributed by atoms with E-state index in [0.717, 1.165) is 20.9 Å². The van der Waals surface area contributed by atoms with Crippen LogP contribution in [0.3, 0.4) is 0 Å². The normalized spacial score (nSPS) is 10.8. The van der Waals surface area contributed by atoms with E-state index in [0.29, 0.717) is 15.7 Å². The lowest BCUT2D eigenvalue weighted by Crippen LogP contribution is -2.12. The van der Waals surface area contributed by atoms with Gasteiger partial charge in [-0.05, 0) is 30.0 Å². The van der Waals surface area contributed by atoms with Crippen molar-refractivity contribution < 1.29 is 4.79 Å². The van der Waals surface area contributed by atoms with Crippen molar-refractivity contribution in [3.8, 4) is 0 Å². The number of anilines is 1. The highest BCUT2D eigenvalue weighted by Crippen LogP contribution is 2.31. The van der Waals surface area contributed by atoms with E-state index in [1.54, 1.807) is 17.8 Å². The van der Waals surface area contributed by atoms with Gasteiger partial charge >= 0.3 is 0 Å². The summed E-state index contributed by atoms with van der Waals surface area (Å²) < 4.78 is 0.957. The summed E-state index contributed by atoms with van der Waals surface area (Å²) >= 11 is 9.19. The van der Waals surface area contributed by atoms with Crippen LogP contribution in [0.2, 0.25) is 5.02 Å². The Labute approximate surface area is 141 Å². The molecule has 3 aromatic rings. The molecule has 0 atom stereocenters. The monoisotopic (exact) mass is 348 g/mol. The van der Waals surface area contributed by atoms with Gasteiger partial charge in [-0.15, -0.1) is 11.8 Å². The van der Waals surface area contributed by atoms with Crippen molar-refractivity contribution >= 4 is 56.0 Å². The number of aromatic nitrogens is 1. The van der Waals surface area contributed by atoms with Crippen LogP contribution < -0.4 is 5.32 Å². The molecule has 0 bridgehead atoms. The van der Waals surface area contributed by atoms with Crippen molar-refractivity contribution in [2.75, 3.05) is 11.1 Å². The lowest BCUT2D eigenvalue weighted by Gasteiger charge is -2.07. The van der Waals surface area contributed by atoms with Gasteiger partial charge in [0, 0.05) is 4.90 Å². The molecule has 112 valence electrons. The summed E-state index contributed by atoms with van der Waals surface area (Å²) in [6.07, 6.45) is 0. The first-order valence-corrected chi connectivity index (χ1v) is 8.95. The van der Waals surface area contributed by atoms with Gasteiger partial charge in [-0.2, -0.15) is 0 Å². The molecule has 0 saturated heterocycles. The van der Waals surface area contributed by atoms with E-state index in [1.165, 1.54) is 11.3 Å². The maximum atomic E-state index is 12.5. The van der Waals surface area contributed by atoms with Gasteiger partial charge in [0.2, 0.25) is 0 Å². The molecule has 0 aliphatic carbocycles. The van der Waals surface area contributed by atoms with Crippen molar-refractivity contribution in [1.29, 1.82) is 0 Å². The zero-order valence-corrected chi connectivity index (χ0v) is 14.2. The number of fused-ring (bicyclic) bond motifs is 1. The van der Waals surface area contributed by atoms with Gasteiger partial charge in [-0.1, -0.05) is 48.1 Å². The van der Waals surface area contributed by atoms with Gasteiger partial charge < -0.3 is 0 Å². The first-order valence-electron chi connectivity index (χ1n) is 6.77. The fourth-order valence-electron chi connectivity index (χ4n) is 2.07. The lowest BCUT2D eigenvalue weighted by atomic mass is 10.2. The van der Waals surface area contributed by atoms with Crippen LogP contribution in [0.25, 0.3) is 10.2 Å².